The monoisotopic (exact) mass is 423 g/mol. The number of carbonyl (C=O) groups excluding carboxylic acids is 1. The van der Waals surface area contributed by atoms with Gasteiger partial charge in [0.2, 0.25) is 0 Å². The number of anilines is 1. The lowest BCUT2D eigenvalue weighted by atomic mass is 10.2. The van der Waals surface area contributed by atoms with Crippen molar-refractivity contribution in [3.05, 3.63) is 87.8 Å². The highest BCUT2D eigenvalue weighted by Crippen LogP contribution is 2.30. The predicted molar refractivity (Wildman–Crippen MR) is 116 cm³/mol. The highest BCUT2D eigenvalue weighted by Gasteiger charge is 2.11. The maximum atomic E-state index is 12.6. The molecule has 2 aromatic carbocycles. The number of hydrogen-bond donors (Lipinski definition) is 1. The molecule has 0 aliphatic rings. The Balaban J connectivity index is 1.50. The van der Waals surface area contributed by atoms with E-state index in [9.17, 15) is 9.59 Å². The van der Waals surface area contributed by atoms with Crippen molar-refractivity contribution in [1.82, 2.24) is 9.38 Å². The number of amides is 1. The predicted octanol–water partition coefficient (Wildman–Crippen LogP) is 4.31. The smallest absolute Gasteiger partial charge is 0.258 e. The van der Waals surface area contributed by atoms with E-state index in [4.69, 9.17) is 4.74 Å². The zero-order valence-corrected chi connectivity index (χ0v) is 17.1. The minimum atomic E-state index is -0.197. The number of para-hydroxylation sites is 1. The molecule has 146 valence electrons. The van der Waals surface area contributed by atoms with E-state index in [0.29, 0.717) is 33.4 Å². The van der Waals surface area contributed by atoms with E-state index < -0.39 is 0 Å². The van der Waals surface area contributed by atoms with Crippen LogP contribution >= 0.6 is 23.1 Å². The Morgan fingerprint density at radius 2 is 2.00 bits per heavy atom. The number of hydrogen-bond acceptors (Lipinski definition) is 6. The van der Waals surface area contributed by atoms with Crippen molar-refractivity contribution in [3.63, 3.8) is 0 Å². The first-order valence-electron chi connectivity index (χ1n) is 8.77. The van der Waals surface area contributed by atoms with Gasteiger partial charge in [0.05, 0.1) is 18.5 Å². The van der Waals surface area contributed by atoms with Crippen LogP contribution in [-0.4, -0.2) is 22.4 Å². The summed E-state index contributed by atoms with van der Waals surface area (Å²) in [6, 6.07) is 16.1. The Labute approximate surface area is 175 Å². The molecule has 4 rings (SSSR count). The number of fused-ring (bicyclic) bond motifs is 1. The third-order valence-electron chi connectivity index (χ3n) is 4.22. The summed E-state index contributed by atoms with van der Waals surface area (Å²) in [4.78, 5) is 30.8. The van der Waals surface area contributed by atoms with E-state index in [-0.39, 0.29) is 11.5 Å². The minimum Gasteiger partial charge on any atom is -0.497 e. The first-order valence-corrected chi connectivity index (χ1v) is 10.6. The van der Waals surface area contributed by atoms with Gasteiger partial charge in [-0.1, -0.05) is 12.1 Å². The Morgan fingerprint density at radius 1 is 1.21 bits per heavy atom. The van der Waals surface area contributed by atoms with E-state index in [2.05, 4.69) is 10.3 Å². The molecule has 0 aliphatic heterocycles. The number of aromatic nitrogens is 2. The van der Waals surface area contributed by atoms with Crippen LogP contribution in [0.1, 0.15) is 16.1 Å². The number of thiazole rings is 1. The second-order valence-electron chi connectivity index (χ2n) is 6.11. The van der Waals surface area contributed by atoms with Crippen LogP contribution in [0.4, 0.5) is 5.69 Å². The summed E-state index contributed by atoms with van der Waals surface area (Å²) >= 11 is 2.95. The Kier molecular flexibility index (Phi) is 5.64. The van der Waals surface area contributed by atoms with Crippen LogP contribution in [0.15, 0.2) is 75.9 Å². The number of carbonyl (C=O) groups is 1. The molecule has 0 spiro atoms. The molecule has 0 saturated carbocycles. The normalized spacial score (nSPS) is 10.8. The first kappa shape index (κ1) is 19.2. The van der Waals surface area contributed by atoms with Gasteiger partial charge < -0.3 is 10.1 Å². The fraction of sp³-hybridized carbons (Fsp3) is 0.0952. The molecule has 4 aromatic rings. The molecule has 1 N–H and O–H groups in total. The van der Waals surface area contributed by atoms with Crippen LogP contribution in [0.25, 0.3) is 4.96 Å². The summed E-state index contributed by atoms with van der Waals surface area (Å²) in [6.45, 7) is 0. The zero-order valence-electron chi connectivity index (χ0n) is 15.5. The summed E-state index contributed by atoms with van der Waals surface area (Å²) in [6.07, 6.45) is 1.72. The quantitative estimate of drug-likeness (QED) is 0.468. The third kappa shape index (κ3) is 4.33. The average Bonchev–Trinajstić information content (AvgIpc) is 3.22. The fourth-order valence-electron chi connectivity index (χ4n) is 2.75. The molecule has 0 atom stereocenters. The van der Waals surface area contributed by atoms with Crippen LogP contribution in [0.5, 0.6) is 5.75 Å². The van der Waals surface area contributed by atoms with Gasteiger partial charge in [0.1, 0.15) is 5.75 Å². The van der Waals surface area contributed by atoms with Gasteiger partial charge in [-0.2, -0.15) is 0 Å². The number of ether oxygens (including phenoxy) is 1. The fourth-order valence-corrected chi connectivity index (χ4v) is 4.39. The topological polar surface area (TPSA) is 72.7 Å². The Hall–Kier alpha value is -3.10. The first-order chi connectivity index (χ1) is 14.1. The van der Waals surface area contributed by atoms with Gasteiger partial charge in [-0.3, -0.25) is 14.0 Å². The molecule has 0 saturated heterocycles. The van der Waals surface area contributed by atoms with Crippen molar-refractivity contribution >= 4 is 39.7 Å². The van der Waals surface area contributed by atoms with E-state index in [1.165, 1.54) is 27.5 Å². The lowest BCUT2D eigenvalue weighted by Gasteiger charge is -2.11. The summed E-state index contributed by atoms with van der Waals surface area (Å²) in [5.74, 6) is 1.03. The minimum absolute atomic E-state index is 0.0899. The van der Waals surface area contributed by atoms with Gasteiger partial charge in [-0.25, -0.2) is 4.98 Å². The van der Waals surface area contributed by atoms with E-state index in [1.807, 2.05) is 29.6 Å². The maximum Gasteiger partial charge on any atom is 0.258 e. The highest BCUT2D eigenvalue weighted by molar-refractivity contribution is 7.98. The van der Waals surface area contributed by atoms with Crippen molar-refractivity contribution in [2.75, 3.05) is 12.4 Å². The standard InChI is InChI=1S/C21H17N3O3S2/c1-27-16-8-6-14(7-9-16)20(26)23-17-4-2-3-5-18(17)29-13-15-12-19(25)24-10-11-28-21(24)22-15/h2-12H,13H2,1H3,(H,23,26). The van der Waals surface area contributed by atoms with Gasteiger partial charge in [0, 0.05) is 33.9 Å². The molecule has 0 radical (unpaired) electrons. The average molecular weight is 424 g/mol. The van der Waals surface area contributed by atoms with Crippen LogP contribution in [0, 0.1) is 0 Å². The zero-order chi connectivity index (χ0) is 20.2. The SMILES string of the molecule is COc1ccc(C(=O)Nc2ccccc2SCc2cc(=O)n3ccsc3n2)cc1. The lowest BCUT2D eigenvalue weighted by molar-refractivity contribution is 0.102. The third-order valence-corrected chi connectivity index (χ3v) is 6.08. The van der Waals surface area contributed by atoms with E-state index in [0.717, 1.165) is 4.90 Å². The van der Waals surface area contributed by atoms with Crippen molar-refractivity contribution in [1.29, 1.82) is 0 Å². The van der Waals surface area contributed by atoms with Crippen LogP contribution in [0.3, 0.4) is 0 Å². The van der Waals surface area contributed by atoms with E-state index in [1.54, 1.807) is 43.6 Å². The number of nitrogens with zero attached hydrogens (tertiary/aromatic N) is 2. The molecule has 8 heteroatoms. The second kappa shape index (κ2) is 8.50. The molecule has 29 heavy (non-hydrogen) atoms. The molecular formula is C21H17N3O3S2. The van der Waals surface area contributed by atoms with Gasteiger partial charge in [0.15, 0.2) is 4.96 Å². The summed E-state index contributed by atoms with van der Waals surface area (Å²) in [5.41, 5.74) is 1.88. The molecule has 0 aliphatic carbocycles. The Bertz CT molecular complexity index is 1220. The lowest BCUT2D eigenvalue weighted by Crippen LogP contribution is -2.13. The van der Waals surface area contributed by atoms with Crippen molar-refractivity contribution < 1.29 is 9.53 Å². The van der Waals surface area contributed by atoms with Gasteiger partial charge >= 0.3 is 0 Å². The largest absolute Gasteiger partial charge is 0.497 e. The van der Waals surface area contributed by atoms with Crippen LogP contribution in [-0.2, 0) is 5.75 Å². The number of rotatable bonds is 6. The molecule has 2 aromatic heterocycles. The van der Waals surface area contributed by atoms with Gasteiger partial charge in [-0.15, -0.1) is 23.1 Å². The highest BCUT2D eigenvalue weighted by atomic mass is 32.2. The summed E-state index contributed by atoms with van der Waals surface area (Å²) in [7, 11) is 1.59. The molecular weight excluding hydrogens is 406 g/mol. The molecule has 1 amide bonds. The maximum absolute atomic E-state index is 12.6. The molecule has 0 fully saturated rings. The number of benzene rings is 2. The molecule has 0 bridgehead atoms. The van der Waals surface area contributed by atoms with Gasteiger partial charge in [0.25, 0.3) is 11.5 Å². The number of nitrogens with one attached hydrogen (secondary N) is 1. The second-order valence-corrected chi connectivity index (χ2v) is 8.00. The summed E-state index contributed by atoms with van der Waals surface area (Å²) in [5, 5.41) is 4.79. The molecule has 0 unspecified atom stereocenters. The van der Waals surface area contributed by atoms with Crippen molar-refractivity contribution in [2.24, 2.45) is 0 Å². The van der Waals surface area contributed by atoms with Crippen molar-refractivity contribution in [2.45, 2.75) is 10.6 Å². The Morgan fingerprint density at radius 3 is 2.79 bits per heavy atom. The van der Waals surface area contributed by atoms with Crippen molar-refractivity contribution in [3.8, 4) is 5.75 Å². The molecule has 6 nitrogen and oxygen atoms in total. The van der Waals surface area contributed by atoms with Crippen LogP contribution < -0.4 is 15.6 Å². The molecule has 2 heterocycles. The number of methoxy groups -OCH3 is 1. The summed E-state index contributed by atoms with van der Waals surface area (Å²) < 4.78 is 6.66. The number of thioether (sulfide) groups is 1. The van der Waals surface area contributed by atoms with Gasteiger partial charge in [-0.05, 0) is 36.4 Å². The van der Waals surface area contributed by atoms with E-state index >= 15 is 0 Å². The van der Waals surface area contributed by atoms with Crippen LogP contribution in [0.2, 0.25) is 0 Å².